The van der Waals surface area contributed by atoms with Crippen molar-refractivity contribution in [2.75, 3.05) is 0 Å². The Kier molecular flexibility index (Phi) is 3.32. The van der Waals surface area contributed by atoms with Crippen LogP contribution in [0.15, 0.2) is 45.6 Å². The van der Waals surface area contributed by atoms with Gasteiger partial charge in [-0.05, 0) is 35.7 Å². The van der Waals surface area contributed by atoms with E-state index in [1.54, 1.807) is 12.1 Å². The number of benzene rings is 2. The molecule has 0 bridgehead atoms. The molecule has 1 N–H and O–H groups in total. The van der Waals surface area contributed by atoms with Crippen molar-refractivity contribution in [1.29, 1.82) is 0 Å². The van der Waals surface area contributed by atoms with Gasteiger partial charge in [-0.2, -0.15) is 0 Å². The molecule has 1 aromatic heterocycles. The van der Waals surface area contributed by atoms with Crippen LogP contribution in [0.1, 0.15) is 22.1 Å². The number of aromatic nitrogens is 1. The maximum Gasteiger partial charge on any atom is 0.417 e. The highest BCUT2D eigenvalue weighted by Crippen LogP contribution is 2.35. The minimum atomic E-state index is -0.475. The molecule has 1 atom stereocenters. The number of aryl methyl sites for hydroxylation is 1. The van der Waals surface area contributed by atoms with Gasteiger partial charge in [-0.25, -0.2) is 4.79 Å². The summed E-state index contributed by atoms with van der Waals surface area (Å²) in [4.78, 5) is 13.8. The number of oxazole rings is 1. The Balaban J connectivity index is 2.09. The van der Waals surface area contributed by atoms with Crippen LogP contribution in [0.4, 0.5) is 0 Å². The minimum Gasteiger partial charge on any atom is -0.408 e. The Bertz CT molecular complexity index is 835. The Morgan fingerprint density at radius 2 is 2.05 bits per heavy atom. The van der Waals surface area contributed by atoms with E-state index in [2.05, 4.69) is 4.98 Å². The van der Waals surface area contributed by atoms with Crippen LogP contribution in [0, 0.1) is 6.92 Å². The van der Waals surface area contributed by atoms with Crippen molar-refractivity contribution in [1.82, 2.24) is 4.98 Å². The van der Waals surface area contributed by atoms with E-state index in [0.717, 1.165) is 16.7 Å². The van der Waals surface area contributed by atoms with Crippen LogP contribution in [-0.4, -0.2) is 4.98 Å². The van der Waals surface area contributed by atoms with Gasteiger partial charge in [-0.15, -0.1) is 11.6 Å². The van der Waals surface area contributed by atoms with Gasteiger partial charge in [0.1, 0.15) is 0 Å². The zero-order valence-electron chi connectivity index (χ0n) is 10.6. The van der Waals surface area contributed by atoms with Gasteiger partial charge >= 0.3 is 5.76 Å². The highest BCUT2D eigenvalue weighted by molar-refractivity contribution is 6.33. The van der Waals surface area contributed by atoms with Gasteiger partial charge in [0.05, 0.1) is 10.9 Å². The maximum absolute atomic E-state index is 11.2. The van der Waals surface area contributed by atoms with Crippen LogP contribution in [0.5, 0.6) is 0 Å². The van der Waals surface area contributed by atoms with Crippen LogP contribution in [0.25, 0.3) is 11.1 Å². The van der Waals surface area contributed by atoms with Gasteiger partial charge in [-0.1, -0.05) is 35.9 Å². The summed E-state index contributed by atoms with van der Waals surface area (Å²) in [7, 11) is 0. The number of halogens is 2. The van der Waals surface area contributed by atoms with Crippen molar-refractivity contribution in [3.8, 4) is 0 Å². The average Bonchev–Trinajstić information content (AvgIpc) is 2.80. The second kappa shape index (κ2) is 5.00. The Morgan fingerprint density at radius 3 is 2.85 bits per heavy atom. The lowest BCUT2D eigenvalue weighted by molar-refractivity contribution is 0.555. The highest BCUT2D eigenvalue weighted by Gasteiger charge is 2.16. The second-order valence-electron chi connectivity index (χ2n) is 4.61. The molecular weight excluding hydrogens is 297 g/mol. The van der Waals surface area contributed by atoms with E-state index in [1.165, 1.54) is 0 Å². The highest BCUT2D eigenvalue weighted by atomic mass is 35.5. The molecule has 0 aliphatic rings. The largest absolute Gasteiger partial charge is 0.417 e. The van der Waals surface area contributed by atoms with E-state index in [4.69, 9.17) is 27.6 Å². The number of hydrogen-bond donors (Lipinski definition) is 1. The lowest BCUT2D eigenvalue weighted by Gasteiger charge is -2.13. The Labute approximate surface area is 125 Å². The quantitative estimate of drug-likeness (QED) is 0.713. The minimum absolute atomic E-state index is 0.396. The summed E-state index contributed by atoms with van der Waals surface area (Å²) >= 11 is 12.8. The maximum atomic E-state index is 11.2. The molecule has 0 amide bonds. The van der Waals surface area contributed by atoms with Gasteiger partial charge in [0.2, 0.25) is 0 Å². The van der Waals surface area contributed by atoms with Crippen molar-refractivity contribution >= 4 is 34.3 Å². The smallest absolute Gasteiger partial charge is 0.408 e. The number of fused-ring (bicyclic) bond motifs is 1. The SMILES string of the molecule is Cc1cccc(C(Cl)c2ccc3[nH]c(=O)oc3c2)c1Cl. The van der Waals surface area contributed by atoms with E-state index >= 15 is 0 Å². The van der Waals surface area contributed by atoms with Crippen molar-refractivity contribution in [3.05, 3.63) is 68.7 Å². The van der Waals surface area contributed by atoms with Gasteiger partial charge in [0.15, 0.2) is 5.58 Å². The van der Waals surface area contributed by atoms with Crippen molar-refractivity contribution in [3.63, 3.8) is 0 Å². The lowest BCUT2D eigenvalue weighted by Crippen LogP contribution is -1.95. The van der Waals surface area contributed by atoms with Crippen molar-refractivity contribution in [2.24, 2.45) is 0 Å². The molecule has 20 heavy (non-hydrogen) atoms. The molecule has 0 radical (unpaired) electrons. The molecule has 102 valence electrons. The van der Waals surface area contributed by atoms with E-state index in [-0.39, 0.29) is 0 Å². The number of aromatic amines is 1. The number of hydrogen-bond acceptors (Lipinski definition) is 2. The lowest BCUT2D eigenvalue weighted by atomic mass is 10.0. The predicted molar refractivity (Wildman–Crippen MR) is 80.7 cm³/mol. The van der Waals surface area contributed by atoms with E-state index in [1.807, 2.05) is 31.2 Å². The van der Waals surface area contributed by atoms with Gasteiger partial charge < -0.3 is 4.42 Å². The molecule has 3 rings (SSSR count). The first-order valence-corrected chi connectivity index (χ1v) is 6.89. The average molecular weight is 308 g/mol. The number of alkyl halides is 1. The molecule has 0 spiro atoms. The van der Waals surface area contributed by atoms with Crippen LogP contribution >= 0.6 is 23.2 Å². The standard InChI is InChI=1S/C15H11Cl2NO2/c1-8-3-2-4-10(13(8)16)14(17)9-5-6-11-12(7-9)20-15(19)18-11/h2-7,14H,1H3,(H,18,19). The molecule has 1 unspecified atom stereocenters. The van der Waals surface area contributed by atoms with Crippen molar-refractivity contribution < 1.29 is 4.42 Å². The third kappa shape index (κ3) is 2.23. The summed E-state index contributed by atoms with van der Waals surface area (Å²) in [5, 5.41) is 0.259. The molecule has 0 aliphatic heterocycles. The first kappa shape index (κ1) is 13.3. The van der Waals surface area contributed by atoms with Crippen LogP contribution in [-0.2, 0) is 0 Å². The molecule has 3 nitrogen and oxygen atoms in total. The van der Waals surface area contributed by atoms with E-state index in [0.29, 0.717) is 16.1 Å². The fraction of sp³-hybridized carbons (Fsp3) is 0.133. The van der Waals surface area contributed by atoms with Crippen LogP contribution < -0.4 is 5.76 Å². The van der Waals surface area contributed by atoms with Gasteiger partial charge in [0, 0.05) is 5.02 Å². The summed E-state index contributed by atoms with van der Waals surface area (Å²) in [6.07, 6.45) is 0. The summed E-state index contributed by atoms with van der Waals surface area (Å²) in [6, 6.07) is 11.1. The summed E-state index contributed by atoms with van der Waals surface area (Å²) in [6.45, 7) is 1.93. The fourth-order valence-corrected chi connectivity index (χ4v) is 2.77. The summed E-state index contributed by atoms with van der Waals surface area (Å²) in [5.41, 5.74) is 3.78. The molecule has 3 aromatic rings. The van der Waals surface area contributed by atoms with Crippen LogP contribution in [0.2, 0.25) is 5.02 Å². The van der Waals surface area contributed by atoms with Gasteiger partial charge in [0.25, 0.3) is 0 Å². The Hall–Kier alpha value is -1.71. The third-order valence-corrected chi connectivity index (χ3v) is 4.24. The molecule has 0 saturated heterocycles. The zero-order chi connectivity index (χ0) is 14.3. The zero-order valence-corrected chi connectivity index (χ0v) is 12.1. The van der Waals surface area contributed by atoms with E-state index in [9.17, 15) is 4.79 Å². The first-order chi connectivity index (χ1) is 9.56. The molecule has 0 aliphatic carbocycles. The van der Waals surface area contributed by atoms with E-state index < -0.39 is 11.1 Å². The first-order valence-electron chi connectivity index (χ1n) is 6.08. The number of nitrogens with one attached hydrogen (secondary N) is 1. The molecular formula is C15H11Cl2NO2. The normalized spacial score (nSPS) is 12.8. The summed E-state index contributed by atoms with van der Waals surface area (Å²) in [5.74, 6) is -0.475. The van der Waals surface area contributed by atoms with Gasteiger partial charge in [-0.3, -0.25) is 4.98 Å². The topological polar surface area (TPSA) is 46.0 Å². The number of H-pyrrole nitrogens is 1. The second-order valence-corrected chi connectivity index (χ2v) is 5.43. The predicted octanol–water partition coefficient (Wildman–Crippen LogP) is 4.41. The van der Waals surface area contributed by atoms with Crippen molar-refractivity contribution in [2.45, 2.75) is 12.3 Å². The summed E-state index contributed by atoms with van der Waals surface area (Å²) < 4.78 is 5.05. The Morgan fingerprint density at radius 1 is 1.25 bits per heavy atom. The molecule has 2 aromatic carbocycles. The molecule has 0 saturated carbocycles. The molecule has 0 fully saturated rings. The third-order valence-electron chi connectivity index (χ3n) is 3.23. The number of rotatable bonds is 2. The molecule has 1 heterocycles. The van der Waals surface area contributed by atoms with Crippen LogP contribution in [0.3, 0.4) is 0 Å². The monoisotopic (exact) mass is 307 g/mol. The fourth-order valence-electron chi connectivity index (χ4n) is 2.17. The molecule has 5 heteroatoms.